The van der Waals surface area contributed by atoms with Crippen LogP contribution in [-0.2, 0) is 17.9 Å². The summed E-state index contributed by atoms with van der Waals surface area (Å²) >= 11 is 5.88. The van der Waals surface area contributed by atoms with Gasteiger partial charge in [0, 0.05) is 10.6 Å². The molecule has 130 valence electrons. The Labute approximate surface area is 148 Å². The molecule has 0 spiro atoms. The first-order chi connectivity index (χ1) is 12.0. The maximum absolute atomic E-state index is 13.5. The van der Waals surface area contributed by atoms with Crippen LogP contribution in [-0.4, -0.2) is 27.4 Å². The van der Waals surface area contributed by atoms with E-state index in [-0.39, 0.29) is 31.1 Å². The molecule has 1 N–H and O–H groups in total. The molecule has 0 unspecified atom stereocenters. The zero-order valence-corrected chi connectivity index (χ0v) is 14.0. The maximum atomic E-state index is 13.5. The van der Waals surface area contributed by atoms with Gasteiger partial charge in [-0.2, -0.15) is 0 Å². The molecular weight excluding hydrogens is 347 g/mol. The van der Waals surface area contributed by atoms with Crippen molar-refractivity contribution >= 4 is 22.5 Å². The van der Waals surface area contributed by atoms with Gasteiger partial charge in [0.15, 0.2) is 0 Å². The highest BCUT2D eigenvalue weighted by Crippen LogP contribution is 2.14. The lowest BCUT2D eigenvalue weighted by Gasteiger charge is -2.13. The Bertz CT molecular complexity index is 945. The van der Waals surface area contributed by atoms with Crippen LogP contribution in [0.5, 0.6) is 0 Å². The molecule has 0 aliphatic heterocycles. The zero-order chi connectivity index (χ0) is 17.8. The fourth-order valence-electron chi connectivity index (χ4n) is 2.46. The molecule has 0 aliphatic rings. The lowest BCUT2D eigenvalue weighted by molar-refractivity contribution is 0.0189. The van der Waals surface area contributed by atoms with Crippen molar-refractivity contribution in [2.75, 3.05) is 6.61 Å². The van der Waals surface area contributed by atoms with Crippen LogP contribution in [0.4, 0.5) is 4.39 Å². The van der Waals surface area contributed by atoms with Crippen molar-refractivity contribution < 1.29 is 14.2 Å². The third-order valence-corrected chi connectivity index (χ3v) is 3.96. The van der Waals surface area contributed by atoms with Crippen LogP contribution in [0.2, 0.25) is 5.02 Å². The zero-order valence-electron chi connectivity index (χ0n) is 13.2. The van der Waals surface area contributed by atoms with E-state index in [1.165, 1.54) is 17.0 Å². The van der Waals surface area contributed by atoms with Crippen LogP contribution < -0.4 is 5.56 Å². The predicted molar refractivity (Wildman–Crippen MR) is 93.1 cm³/mol. The van der Waals surface area contributed by atoms with Crippen molar-refractivity contribution in [1.82, 2.24) is 9.55 Å². The van der Waals surface area contributed by atoms with E-state index in [4.69, 9.17) is 16.3 Å². The van der Waals surface area contributed by atoms with E-state index in [1.807, 2.05) is 0 Å². The molecule has 1 aromatic heterocycles. The summed E-state index contributed by atoms with van der Waals surface area (Å²) in [4.78, 5) is 16.6. The van der Waals surface area contributed by atoms with Crippen LogP contribution in [0.25, 0.3) is 10.9 Å². The van der Waals surface area contributed by atoms with Crippen molar-refractivity contribution in [2.24, 2.45) is 0 Å². The van der Waals surface area contributed by atoms with E-state index in [2.05, 4.69) is 4.98 Å². The lowest BCUT2D eigenvalue weighted by Crippen LogP contribution is -2.29. The van der Waals surface area contributed by atoms with Crippen molar-refractivity contribution in [3.05, 3.63) is 75.5 Å². The smallest absolute Gasteiger partial charge is 0.261 e. The van der Waals surface area contributed by atoms with Gasteiger partial charge in [-0.05, 0) is 24.3 Å². The summed E-state index contributed by atoms with van der Waals surface area (Å²) in [6.45, 7) is 0.0498. The maximum Gasteiger partial charge on any atom is 0.261 e. The van der Waals surface area contributed by atoms with Crippen molar-refractivity contribution in [3.8, 4) is 0 Å². The molecular formula is C18H16ClFN2O3. The number of nitrogens with zero attached hydrogens (tertiary/aromatic N) is 2. The van der Waals surface area contributed by atoms with E-state index in [0.717, 1.165) is 0 Å². The van der Waals surface area contributed by atoms with Crippen molar-refractivity contribution in [2.45, 2.75) is 19.3 Å². The molecule has 25 heavy (non-hydrogen) atoms. The fourth-order valence-corrected chi connectivity index (χ4v) is 2.63. The molecule has 0 saturated carbocycles. The Hall–Kier alpha value is -2.28. The molecule has 0 radical (unpaired) electrons. The summed E-state index contributed by atoms with van der Waals surface area (Å²) in [5, 5.41) is 11.0. The second-order valence-electron chi connectivity index (χ2n) is 5.62. The molecule has 0 amide bonds. The molecule has 0 bridgehead atoms. The van der Waals surface area contributed by atoms with Gasteiger partial charge in [-0.1, -0.05) is 29.8 Å². The van der Waals surface area contributed by atoms with Gasteiger partial charge in [-0.15, -0.1) is 0 Å². The number of hydrogen-bond acceptors (Lipinski definition) is 4. The Morgan fingerprint density at radius 2 is 2.08 bits per heavy atom. The third-order valence-electron chi connectivity index (χ3n) is 3.72. The average molecular weight is 363 g/mol. The van der Waals surface area contributed by atoms with Crippen molar-refractivity contribution in [3.63, 3.8) is 0 Å². The lowest BCUT2D eigenvalue weighted by atomic mass is 10.2. The van der Waals surface area contributed by atoms with E-state index < -0.39 is 6.10 Å². The second kappa shape index (κ2) is 7.74. The molecule has 3 aromatic rings. The number of halogens is 2. The molecule has 0 aliphatic carbocycles. The quantitative estimate of drug-likeness (QED) is 0.732. The summed E-state index contributed by atoms with van der Waals surface area (Å²) in [7, 11) is 0. The number of benzene rings is 2. The van der Waals surface area contributed by atoms with Crippen LogP contribution in [0.1, 0.15) is 5.56 Å². The Balaban J connectivity index is 1.63. The van der Waals surface area contributed by atoms with Crippen LogP contribution in [0.15, 0.2) is 53.6 Å². The predicted octanol–water partition coefficient (Wildman–Crippen LogP) is 2.77. The third kappa shape index (κ3) is 4.22. The SMILES string of the molecule is O=c1c2ccc(Cl)cc2ncn1C[C@H](O)COCc1ccccc1F. The Kier molecular flexibility index (Phi) is 5.43. The number of ether oxygens (including phenoxy) is 1. The van der Waals surface area contributed by atoms with Gasteiger partial charge in [0.25, 0.3) is 5.56 Å². The highest BCUT2D eigenvalue weighted by atomic mass is 35.5. The van der Waals surface area contributed by atoms with Crippen LogP contribution in [0.3, 0.4) is 0 Å². The molecule has 2 aromatic carbocycles. The molecule has 3 rings (SSSR count). The summed E-state index contributed by atoms with van der Waals surface area (Å²) in [5.74, 6) is -0.356. The first-order valence-electron chi connectivity index (χ1n) is 7.68. The molecule has 7 heteroatoms. The number of fused-ring (bicyclic) bond motifs is 1. The summed E-state index contributed by atoms with van der Waals surface area (Å²) in [6.07, 6.45) is 0.442. The fraction of sp³-hybridized carbons (Fsp3) is 0.222. The minimum atomic E-state index is -0.920. The van der Waals surface area contributed by atoms with E-state index in [0.29, 0.717) is 21.5 Å². The number of hydrogen-bond donors (Lipinski definition) is 1. The van der Waals surface area contributed by atoms with Gasteiger partial charge >= 0.3 is 0 Å². The van der Waals surface area contributed by atoms with Crippen LogP contribution >= 0.6 is 11.6 Å². The standard InChI is InChI=1S/C18H16ClFN2O3/c19-13-5-6-15-17(7-13)21-11-22(18(15)24)8-14(23)10-25-9-12-3-1-2-4-16(12)20/h1-7,11,14,23H,8-10H2/t14-/m0/s1. The monoisotopic (exact) mass is 362 g/mol. The number of aliphatic hydroxyl groups excluding tert-OH is 1. The summed E-state index contributed by atoms with van der Waals surface area (Å²) in [5.41, 5.74) is 0.644. The first kappa shape index (κ1) is 17.5. The molecule has 1 heterocycles. The minimum Gasteiger partial charge on any atom is -0.389 e. The molecule has 0 saturated heterocycles. The van der Waals surface area contributed by atoms with Gasteiger partial charge in [-0.25, -0.2) is 9.37 Å². The number of aliphatic hydroxyl groups is 1. The van der Waals surface area contributed by atoms with E-state index in [1.54, 1.807) is 36.4 Å². The normalized spacial score (nSPS) is 12.4. The number of aromatic nitrogens is 2. The first-order valence-corrected chi connectivity index (χ1v) is 8.06. The Morgan fingerprint density at radius 3 is 2.88 bits per heavy atom. The topological polar surface area (TPSA) is 64.4 Å². The Morgan fingerprint density at radius 1 is 1.28 bits per heavy atom. The minimum absolute atomic E-state index is 0.0283. The van der Waals surface area contributed by atoms with Gasteiger partial charge in [0.2, 0.25) is 0 Å². The number of rotatable bonds is 6. The van der Waals surface area contributed by atoms with E-state index >= 15 is 0 Å². The van der Waals surface area contributed by atoms with Gasteiger partial charge in [-0.3, -0.25) is 9.36 Å². The second-order valence-corrected chi connectivity index (χ2v) is 6.06. The highest BCUT2D eigenvalue weighted by Gasteiger charge is 2.10. The van der Waals surface area contributed by atoms with Gasteiger partial charge < -0.3 is 9.84 Å². The molecule has 5 nitrogen and oxygen atoms in total. The van der Waals surface area contributed by atoms with Crippen LogP contribution in [0, 0.1) is 5.82 Å². The van der Waals surface area contributed by atoms with Crippen molar-refractivity contribution in [1.29, 1.82) is 0 Å². The van der Waals surface area contributed by atoms with E-state index in [9.17, 15) is 14.3 Å². The summed E-state index contributed by atoms with van der Waals surface area (Å²) in [6, 6.07) is 11.1. The molecule has 0 fully saturated rings. The largest absolute Gasteiger partial charge is 0.389 e. The highest BCUT2D eigenvalue weighted by molar-refractivity contribution is 6.31. The van der Waals surface area contributed by atoms with Gasteiger partial charge in [0.1, 0.15) is 5.82 Å². The average Bonchev–Trinajstić information content (AvgIpc) is 2.59. The summed E-state index contributed by atoms with van der Waals surface area (Å²) < 4.78 is 20.1. The molecule has 1 atom stereocenters. The van der Waals surface area contributed by atoms with Gasteiger partial charge in [0.05, 0.1) is 43.1 Å².